The van der Waals surface area contributed by atoms with Gasteiger partial charge in [0.15, 0.2) is 0 Å². The summed E-state index contributed by atoms with van der Waals surface area (Å²) in [4.78, 5) is 16.6. The second-order valence-corrected chi connectivity index (χ2v) is 9.70. The van der Waals surface area contributed by atoms with Gasteiger partial charge in [0.2, 0.25) is 0 Å². The van der Waals surface area contributed by atoms with Crippen molar-refractivity contribution in [2.45, 2.75) is 51.0 Å². The van der Waals surface area contributed by atoms with Gasteiger partial charge in [-0.15, -0.1) is 0 Å². The second kappa shape index (κ2) is 8.68. The zero-order chi connectivity index (χ0) is 22.1. The van der Waals surface area contributed by atoms with Crippen LogP contribution in [-0.2, 0) is 4.74 Å². The molecule has 2 saturated carbocycles. The number of hydrogen-bond acceptors (Lipinski definition) is 3. The number of fused-ring (bicyclic) bond motifs is 1. The SMILES string of the molecule is CC[C@H]1[C@@H](/C=C/c2ccc(-c3cccc(F)c3)cn2)[C@@H]2CCCC[C@H]2C[C@@]12COC(=O)N2. The number of halogens is 1. The molecule has 4 nitrogen and oxygen atoms in total. The first-order valence-electron chi connectivity index (χ1n) is 11.9. The molecule has 1 spiro atoms. The molecule has 1 aliphatic heterocycles. The Hall–Kier alpha value is -2.69. The number of carbonyl (C=O) groups excluding carboxylic acids is 1. The van der Waals surface area contributed by atoms with E-state index in [-0.39, 0.29) is 17.4 Å². The first-order valence-corrected chi connectivity index (χ1v) is 11.9. The molecule has 2 aromatic rings. The molecule has 1 saturated heterocycles. The van der Waals surface area contributed by atoms with Gasteiger partial charge in [-0.1, -0.05) is 56.9 Å². The summed E-state index contributed by atoms with van der Waals surface area (Å²) in [5, 5.41) is 3.22. The van der Waals surface area contributed by atoms with Crippen LogP contribution in [0.15, 0.2) is 48.7 Å². The van der Waals surface area contributed by atoms with E-state index in [9.17, 15) is 9.18 Å². The van der Waals surface area contributed by atoms with Crippen molar-refractivity contribution in [3.8, 4) is 11.1 Å². The highest BCUT2D eigenvalue weighted by Gasteiger charge is 2.55. The molecule has 1 N–H and O–H groups in total. The Kier molecular flexibility index (Phi) is 5.75. The maximum absolute atomic E-state index is 13.5. The number of amides is 1. The highest BCUT2D eigenvalue weighted by molar-refractivity contribution is 5.71. The lowest BCUT2D eigenvalue weighted by molar-refractivity contribution is -0.000906. The summed E-state index contributed by atoms with van der Waals surface area (Å²) in [6.45, 7) is 2.71. The van der Waals surface area contributed by atoms with E-state index in [1.807, 2.05) is 24.4 Å². The van der Waals surface area contributed by atoms with Gasteiger partial charge in [0.1, 0.15) is 12.4 Å². The molecule has 0 bridgehead atoms. The molecule has 3 aliphatic rings. The molecular weight excluding hydrogens is 403 g/mol. The van der Waals surface area contributed by atoms with E-state index in [2.05, 4.69) is 29.4 Å². The van der Waals surface area contributed by atoms with Crippen LogP contribution in [-0.4, -0.2) is 23.2 Å². The number of allylic oxidation sites excluding steroid dienone is 1. The fraction of sp³-hybridized carbons (Fsp3) is 0.481. The van der Waals surface area contributed by atoms with E-state index >= 15 is 0 Å². The van der Waals surface area contributed by atoms with E-state index in [1.165, 1.54) is 37.8 Å². The zero-order valence-corrected chi connectivity index (χ0v) is 18.6. The summed E-state index contributed by atoms with van der Waals surface area (Å²) in [6.07, 6.45) is 13.1. The topological polar surface area (TPSA) is 51.2 Å². The lowest BCUT2D eigenvalue weighted by atomic mass is 9.54. The van der Waals surface area contributed by atoms with Gasteiger partial charge >= 0.3 is 6.09 Å². The largest absolute Gasteiger partial charge is 0.447 e. The van der Waals surface area contributed by atoms with Crippen molar-refractivity contribution >= 4 is 12.2 Å². The normalized spacial score (nSPS) is 32.0. The highest BCUT2D eigenvalue weighted by atomic mass is 19.1. The van der Waals surface area contributed by atoms with E-state index < -0.39 is 0 Å². The quantitative estimate of drug-likeness (QED) is 0.620. The number of pyridine rings is 1. The molecule has 2 heterocycles. The van der Waals surface area contributed by atoms with Crippen LogP contribution in [0.1, 0.15) is 51.1 Å². The van der Waals surface area contributed by atoms with Crippen molar-refractivity contribution in [1.29, 1.82) is 0 Å². The molecule has 0 radical (unpaired) electrons. The van der Waals surface area contributed by atoms with Crippen LogP contribution in [0.5, 0.6) is 0 Å². The number of ether oxygens (including phenoxy) is 1. The van der Waals surface area contributed by atoms with Gasteiger partial charge < -0.3 is 10.1 Å². The summed E-state index contributed by atoms with van der Waals surface area (Å²) in [5.74, 6) is 1.79. The number of benzene rings is 1. The Bertz CT molecular complexity index is 1000. The predicted molar refractivity (Wildman–Crippen MR) is 123 cm³/mol. The Morgan fingerprint density at radius 3 is 2.81 bits per heavy atom. The Labute approximate surface area is 189 Å². The number of aromatic nitrogens is 1. The van der Waals surface area contributed by atoms with Gasteiger partial charge in [0, 0.05) is 11.8 Å². The van der Waals surface area contributed by atoms with Crippen molar-refractivity contribution in [2.75, 3.05) is 6.61 Å². The van der Waals surface area contributed by atoms with Crippen molar-refractivity contribution < 1.29 is 13.9 Å². The molecule has 1 aromatic heterocycles. The van der Waals surface area contributed by atoms with Crippen LogP contribution in [0.4, 0.5) is 9.18 Å². The first kappa shape index (κ1) is 21.2. The average molecular weight is 435 g/mol. The van der Waals surface area contributed by atoms with E-state index in [0.29, 0.717) is 30.3 Å². The van der Waals surface area contributed by atoms with E-state index in [4.69, 9.17) is 4.74 Å². The lowest BCUT2D eigenvalue weighted by Gasteiger charge is -2.52. The summed E-state index contributed by atoms with van der Waals surface area (Å²) in [5.41, 5.74) is 2.39. The number of nitrogens with zero attached hydrogens (tertiary/aromatic N) is 1. The van der Waals surface area contributed by atoms with Gasteiger partial charge in [-0.3, -0.25) is 4.98 Å². The van der Waals surface area contributed by atoms with Gasteiger partial charge in [0.05, 0.1) is 11.2 Å². The molecule has 168 valence electrons. The molecule has 5 rings (SSSR count). The van der Waals surface area contributed by atoms with Gasteiger partial charge in [-0.2, -0.15) is 0 Å². The van der Waals surface area contributed by atoms with Gasteiger partial charge in [-0.25, -0.2) is 9.18 Å². The number of rotatable bonds is 4. The lowest BCUT2D eigenvalue weighted by Crippen LogP contribution is -2.59. The standard InChI is InChI=1S/C27H31FN2O2/c1-2-25-24(23-9-4-3-6-19(23)15-27(25)17-32-26(31)30-27)13-12-22-11-10-20(16-29-22)18-7-5-8-21(28)14-18/h5,7-8,10-14,16,19,23-25H,2-4,6,9,15,17H2,1H3,(H,30,31)/b13-12+/t19-,23+,24-,25-,27+/m0/s1. The van der Waals surface area contributed by atoms with Crippen molar-refractivity contribution in [2.24, 2.45) is 23.7 Å². The maximum atomic E-state index is 13.5. The third kappa shape index (κ3) is 3.94. The van der Waals surface area contributed by atoms with Crippen molar-refractivity contribution in [1.82, 2.24) is 10.3 Å². The number of cyclic esters (lactones) is 1. The molecule has 0 unspecified atom stereocenters. The fourth-order valence-electron chi connectivity index (χ4n) is 6.55. The van der Waals surface area contributed by atoms with Crippen molar-refractivity contribution in [3.63, 3.8) is 0 Å². The summed E-state index contributed by atoms with van der Waals surface area (Å²) < 4.78 is 19.0. The molecule has 1 aromatic carbocycles. The van der Waals surface area contributed by atoms with Crippen LogP contribution in [0.3, 0.4) is 0 Å². The molecular formula is C27H31FN2O2. The summed E-state index contributed by atoms with van der Waals surface area (Å²) >= 11 is 0. The predicted octanol–water partition coefficient (Wildman–Crippen LogP) is 6.23. The minimum absolute atomic E-state index is 0.242. The summed E-state index contributed by atoms with van der Waals surface area (Å²) in [7, 11) is 0. The van der Waals surface area contributed by atoms with Crippen LogP contribution in [0.2, 0.25) is 0 Å². The molecule has 3 fully saturated rings. The molecule has 1 amide bonds. The smallest absolute Gasteiger partial charge is 0.407 e. The van der Waals surface area contributed by atoms with Crippen LogP contribution >= 0.6 is 0 Å². The highest BCUT2D eigenvalue weighted by Crippen LogP contribution is 2.53. The number of hydrogen-bond donors (Lipinski definition) is 1. The average Bonchev–Trinajstić information content (AvgIpc) is 3.17. The number of alkyl carbamates (subject to hydrolysis) is 1. The molecule has 2 aliphatic carbocycles. The van der Waals surface area contributed by atoms with Gasteiger partial charge in [-0.05, 0) is 66.4 Å². The van der Waals surface area contributed by atoms with Crippen LogP contribution in [0, 0.1) is 29.5 Å². The Morgan fingerprint density at radius 2 is 2.09 bits per heavy atom. The van der Waals surface area contributed by atoms with Gasteiger partial charge in [0.25, 0.3) is 0 Å². The number of nitrogens with one attached hydrogen (secondary N) is 1. The Balaban J connectivity index is 1.41. The number of carbonyl (C=O) groups is 1. The minimum Gasteiger partial charge on any atom is -0.447 e. The third-order valence-electron chi connectivity index (χ3n) is 7.95. The van der Waals surface area contributed by atoms with Crippen LogP contribution in [0.25, 0.3) is 17.2 Å². The van der Waals surface area contributed by atoms with E-state index in [1.54, 1.807) is 6.07 Å². The first-order chi connectivity index (χ1) is 15.6. The minimum atomic E-state index is -0.268. The maximum Gasteiger partial charge on any atom is 0.407 e. The monoisotopic (exact) mass is 434 g/mol. The third-order valence-corrected chi connectivity index (χ3v) is 7.95. The van der Waals surface area contributed by atoms with E-state index in [0.717, 1.165) is 29.7 Å². The van der Waals surface area contributed by atoms with Crippen molar-refractivity contribution in [3.05, 3.63) is 60.2 Å². The second-order valence-electron chi connectivity index (χ2n) is 9.70. The Morgan fingerprint density at radius 1 is 1.22 bits per heavy atom. The molecule has 32 heavy (non-hydrogen) atoms. The fourth-order valence-corrected chi connectivity index (χ4v) is 6.55. The molecule has 5 atom stereocenters. The van der Waals surface area contributed by atoms with Crippen LogP contribution < -0.4 is 5.32 Å². The zero-order valence-electron chi connectivity index (χ0n) is 18.6. The molecule has 5 heteroatoms. The summed E-state index contributed by atoms with van der Waals surface area (Å²) in [6, 6.07) is 10.6.